The van der Waals surface area contributed by atoms with Crippen molar-refractivity contribution in [2.24, 2.45) is 13.0 Å². The first-order chi connectivity index (χ1) is 12.5. The highest BCUT2D eigenvalue weighted by Crippen LogP contribution is 2.23. The Morgan fingerprint density at radius 3 is 2.88 bits per heavy atom. The number of hydrogen-bond acceptors (Lipinski definition) is 4. The number of aromatic amines is 1. The van der Waals surface area contributed by atoms with Crippen LogP contribution in [0.2, 0.25) is 0 Å². The number of imidazole rings is 1. The van der Waals surface area contributed by atoms with Crippen molar-refractivity contribution in [1.82, 2.24) is 30.0 Å². The lowest BCUT2D eigenvalue weighted by atomic mass is 10.0. The van der Waals surface area contributed by atoms with E-state index in [1.165, 1.54) is 0 Å². The van der Waals surface area contributed by atoms with Gasteiger partial charge in [-0.05, 0) is 23.4 Å². The van der Waals surface area contributed by atoms with E-state index in [0.717, 1.165) is 22.1 Å². The standard InChI is InChI=1S/C18H24N6OS/c1-12(2)16(17-19-7-8-23(17)3)20-18(25)24(4)11-13-10-14(22-21-13)15-6-5-9-26-15/h5-10,12,16H,11H2,1-4H3,(H,20,25)(H,21,22). The quantitative estimate of drug-likeness (QED) is 0.696. The van der Waals surface area contributed by atoms with Gasteiger partial charge in [0.05, 0.1) is 23.2 Å². The van der Waals surface area contributed by atoms with E-state index >= 15 is 0 Å². The predicted molar refractivity (Wildman–Crippen MR) is 103 cm³/mol. The molecule has 0 spiro atoms. The second-order valence-corrected chi connectivity index (χ2v) is 7.63. The molecule has 1 unspecified atom stereocenters. The lowest BCUT2D eigenvalue weighted by molar-refractivity contribution is 0.197. The summed E-state index contributed by atoms with van der Waals surface area (Å²) in [4.78, 5) is 19.8. The number of rotatable bonds is 6. The Hall–Kier alpha value is -2.61. The van der Waals surface area contributed by atoms with E-state index in [0.29, 0.717) is 6.54 Å². The first-order valence-electron chi connectivity index (χ1n) is 8.52. The molecule has 1 atom stereocenters. The Kier molecular flexibility index (Phi) is 5.41. The lowest BCUT2D eigenvalue weighted by Crippen LogP contribution is -2.41. The zero-order valence-electron chi connectivity index (χ0n) is 15.4. The van der Waals surface area contributed by atoms with Crippen LogP contribution in [0.4, 0.5) is 4.79 Å². The number of nitrogens with one attached hydrogen (secondary N) is 2. The summed E-state index contributed by atoms with van der Waals surface area (Å²) in [7, 11) is 3.71. The van der Waals surface area contributed by atoms with E-state index < -0.39 is 0 Å². The topological polar surface area (TPSA) is 78.8 Å². The predicted octanol–water partition coefficient (Wildman–Crippen LogP) is 3.41. The first-order valence-corrected chi connectivity index (χ1v) is 9.40. The summed E-state index contributed by atoms with van der Waals surface area (Å²) >= 11 is 1.64. The molecular weight excluding hydrogens is 348 g/mol. The molecule has 0 aromatic carbocycles. The van der Waals surface area contributed by atoms with E-state index in [4.69, 9.17) is 0 Å². The molecule has 0 aliphatic rings. The second-order valence-electron chi connectivity index (χ2n) is 6.68. The third-order valence-electron chi connectivity index (χ3n) is 4.24. The number of carbonyl (C=O) groups is 1. The SMILES string of the molecule is CC(C)C(NC(=O)N(C)Cc1cc(-c2cccs2)n[nH]1)c1nccn1C. The van der Waals surface area contributed by atoms with Crippen molar-refractivity contribution >= 4 is 17.4 Å². The van der Waals surface area contributed by atoms with Gasteiger partial charge in [0.1, 0.15) is 11.5 Å². The number of nitrogens with zero attached hydrogens (tertiary/aromatic N) is 4. The van der Waals surface area contributed by atoms with Gasteiger partial charge in [-0.3, -0.25) is 5.10 Å². The van der Waals surface area contributed by atoms with Crippen LogP contribution in [0.1, 0.15) is 31.4 Å². The Labute approximate surface area is 157 Å². The van der Waals surface area contributed by atoms with Crippen molar-refractivity contribution < 1.29 is 4.79 Å². The van der Waals surface area contributed by atoms with Crippen LogP contribution in [0.15, 0.2) is 36.0 Å². The summed E-state index contributed by atoms with van der Waals surface area (Å²) in [6.07, 6.45) is 3.63. The number of aromatic nitrogens is 4. The third-order valence-corrected chi connectivity index (χ3v) is 5.13. The maximum atomic E-state index is 12.6. The molecule has 2 amide bonds. The summed E-state index contributed by atoms with van der Waals surface area (Å²) in [6, 6.07) is 5.72. The fourth-order valence-corrected chi connectivity index (χ4v) is 3.46. The monoisotopic (exact) mass is 372 g/mol. The van der Waals surface area contributed by atoms with Gasteiger partial charge < -0.3 is 14.8 Å². The molecule has 8 heteroatoms. The molecular formula is C18H24N6OS. The fourth-order valence-electron chi connectivity index (χ4n) is 2.77. The summed E-state index contributed by atoms with van der Waals surface area (Å²) < 4.78 is 1.94. The molecule has 3 aromatic rings. The van der Waals surface area contributed by atoms with E-state index in [-0.39, 0.29) is 18.0 Å². The molecule has 7 nitrogen and oxygen atoms in total. The van der Waals surface area contributed by atoms with Crippen molar-refractivity contribution in [2.75, 3.05) is 7.05 Å². The molecule has 0 bridgehead atoms. The second kappa shape index (κ2) is 7.74. The highest BCUT2D eigenvalue weighted by molar-refractivity contribution is 7.13. The van der Waals surface area contributed by atoms with Crippen LogP contribution >= 0.6 is 11.3 Å². The van der Waals surface area contributed by atoms with Crippen LogP contribution in [-0.4, -0.2) is 37.7 Å². The minimum atomic E-state index is -0.145. The third kappa shape index (κ3) is 3.96. The number of H-pyrrole nitrogens is 1. The summed E-state index contributed by atoms with van der Waals surface area (Å²) in [6.45, 7) is 4.60. The molecule has 0 saturated heterocycles. The van der Waals surface area contributed by atoms with E-state index in [2.05, 4.69) is 34.3 Å². The maximum absolute atomic E-state index is 12.6. The van der Waals surface area contributed by atoms with Crippen LogP contribution < -0.4 is 5.32 Å². The zero-order chi connectivity index (χ0) is 18.7. The molecule has 3 aromatic heterocycles. The van der Waals surface area contributed by atoms with Crippen LogP contribution in [0.5, 0.6) is 0 Å². The normalized spacial score (nSPS) is 12.3. The molecule has 2 N–H and O–H groups in total. The lowest BCUT2D eigenvalue weighted by Gasteiger charge is -2.25. The average molecular weight is 372 g/mol. The smallest absolute Gasteiger partial charge is 0.318 e. The summed E-state index contributed by atoms with van der Waals surface area (Å²) in [5, 5.41) is 12.4. The van der Waals surface area contributed by atoms with Crippen molar-refractivity contribution in [3.8, 4) is 10.6 Å². The molecule has 0 radical (unpaired) electrons. The van der Waals surface area contributed by atoms with Gasteiger partial charge in [-0.1, -0.05) is 19.9 Å². The Morgan fingerprint density at radius 2 is 2.27 bits per heavy atom. The molecule has 3 rings (SSSR count). The minimum absolute atomic E-state index is 0.140. The van der Waals surface area contributed by atoms with E-state index in [1.807, 2.05) is 41.4 Å². The number of thiophene rings is 1. The van der Waals surface area contributed by atoms with Crippen molar-refractivity contribution in [1.29, 1.82) is 0 Å². The molecule has 0 aliphatic heterocycles. The average Bonchev–Trinajstić information content (AvgIpc) is 3.33. The summed E-state index contributed by atoms with van der Waals surface area (Å²) in [5.41, 5.74) is 1.79. The molecule has 3 heterocycles. The molecule has 0 saturated carbocycles. The number of hydrogen-bond donors (Lipinski definition) is 2. The van der Waals surface area contributed by atoms with E-state index in [9.17, 15) is 4.79 Å². The van der Waals surface area contributed by atoms with Crippen LogP contribution in [-0.2, 0) is 13.6 Å². The highest BCUT2D eigenvalue weighted by Gasteiger charge is 2.23. The largest absolute Gasteiger partial charge is 0.336 e. The summed E-state index contributed by atoms with van der Waals surface area (Å²) in [5.74, 6) is 1.08. The van der Waals surface area contributed by atoms with Crippen molar-refractivity contribution in [2.45, 2.75) is 26.4 Å². The number of aryl methyl sites for hydroxylation is 1. The van der Waals surface area contributed by atoms with Crippen molar-refractivity contribution in [3.63, 3.8) is 0 Å². The van der Waals surface area contributed by atoms with Gasteiger partial charge in [0.15, 0.2) is 0 Å². The number of amides is 2. The minimum Gasteiger partial charge on any atom is -0.336 e. The van der Waals surface area contributed by atoms with Crippen LogP contribution in [0.3, 0.4) is 0 Å². The number of urea groups is 1. The number of carbonyl (C=O) groups excluding carboxylic acids is 1. The van der Waals surface area contributed by atoms with Gasteiger partial charge in [0.25, 0.3) is 0 Å². The fraction of sp³-hybridized carbons (Fsp3) is 0.389. The highest BCUT2D eigenvalue weighted by atomic mass is 32.1. The van der Waals surface area contributed by atoms with Gasteiger partial charge in [0.2, 0.25) is 0 Å². The van der Waals surface area contributed by atoms with Crippen LogP contribution in [0.25, 0.3) is 10.6 Å². The van der Waals surface area contributed by atoms with Gasteiger partial charge in [0, 0.05) is 26.5 Å². The maximum Gasteiger partial charge on any atom is 0.318 e. The van der Waals surface area contributed by atoms with Gasteiger partial charge >= 0.3 is 6.03 Å². The Morgan fingerprint density at radius 1 is 1.46 bits per heavy atom. The zero-order valence-corrected chi connectivity index (χ0v) is 16.2. The van der Waals surface area contributed by atoms with E-state index in [1.54, 1.807) is 29.5 Å². The molecule has 26 heavy (non-hydrogen) atoms. The van der Waals surface area contributed by atoms with Crippen molar-refractivity contribution in [3.05, 3.63) is 47.5 Å². The van der Waals surface area contributed by atoms with Gasteiger partial charge in [-0.2, -0.15) is 5.10 Å². The Balaban J connectivity index is 1.65. The van der Waals surface area contributed by atoms with Gasteiger partial charge in [-0.15, -0.1) is 11.3 Å². The first kappa shape index (κ1) is 18.2. The Bertz CT molecular complexity index is 851. The molecule has 138 valence electrons. The van der Waals surface area contributed by atoms with Crippen LogP contribution in [0, 0.1) is 5.92 Å². The van der Waals surface area contributed by atoms with Gasteiger partial charge in [-0.25, -0.2) is 9.78 Å². The molecule has 0 aliphatic carbocycles. The molecule has 0 fully saturated rings.